The van der Waals surface area contributed by atoms with Crippen LogP contribution in [0.25, 0.3) is 54.0 Å². The Balaban J connectivity index is 0.00000316. The summed E-state index contributed by atoms with van der Waals surface area (Å²) in [6, 6.07) is 31.4. The molecule has 0 fully saturated rings. The van der Waals surface area contributed by atoms with Crippen molar-refractivity contribution in [3.05, 3.63) is 96.1 Å². The quantitative estimate of drug-likeness (QED) is 0.168. The summed E-state index contributed by atoms with van der Waals surface area (Å²) in [5.74, 6) is 1.18. The fourth-order valence-electron chi connectivity index (χ4n) is 5.25. The van der Waals surface area contributed by atoms with Gasteiger partial charge in [0.2, 0.25) is 11.6 Å². The van der Waals surface area contributed by atoms with E-state index in [1.165, 1.54) is 4.70 Å². The molecule has 0 aliphatic carbocycles. The fourth-order valence-corrected chi connectivity index (χ4v) is 6.40. The molecular formula is C36H30N2O2PtS. The number of aromatic nitrogens is 2. The van der Waals surface area contributed by atoms with Crippen molar-refractivity contribution in [2.24, 2.45) is 0 Å². The van der Waals surface area contributed by atoms with Gasteiger partial charge in [0.25, 0.3) is 0 Å². The van der Waals surface area contributed by atoms with Crippen molar-refractivity contribution >= 4 is 42.8 Å². The standard InChI is InChI=1S/C36H30N2O2S.Pt/c1-35(2,3)23-18-25(26-20-30-33-32-27(40-34(33)38-26)13-10-14-29(32)41-30)37-31(19-23)39-28-17-22(21-11-8-7-9-12-21)15-16-24(28)36(4,5)6;/h7-11,13-16,18-20H,1-6H3;/q-2;+2. The number of hydrogen-bond donors (Lipinski definition) is 0. The second-order valence-electron chi connectivity index (χ2n) is 12.6. The summed E-state index contributed by atoms with van der Waals surface area (Å²) >= 11 is 1.76. The van der Waals surface area contributed by atoms with Crippen LogP contribution in [0.15, 0.2) is 77.2 Å². The van der Waals surface area contributed by atoms with Gasteiger partial charge >= 0.3 is 21.1 Å². The maximum atomic E-state index is 6.64. The molecule has 0 aliphatic heterocycles. The molecule has 0 radical (unpaired) electrons. The number of rotatable bonds is 4. The van der Waals surface area contributed by atoms with Gasteiger partial charge < -0.3 is 9.15 Å². The van der Waals surface area contributed by atoms with Gasteiger partial charge in [-0.05, 0) is 40.7 Å². The summed E-state index contributed by atoms with van der Waals surface area (Å²) in [6.07, 6.45) is 0. The molecule has 0 spiro atoms. The first-order valence-corrected chi connectivity index (χ1v) is 14.6. The zero-order valence-corrected chi connectivity index (χ0v) is 27.5. The Kier molecular flexibility index (Phi) is 7.03. The van der Waals surface area contributed by atoms with E-state index in [9.17, 15) is 0 Å². The molecule has 4 nitrogen and oxygen atoms in total. The Morgan fingerprint density at radius 3 is 2.31 bits per heavy atom. The first kappa shape index (κ1) is 28.6. The Labute approximate surface area is 264 Å². The van der Waals surface area contributed by atoms with E-state index in [2.05, 4.69) is 84.0 Å². The number of nitrogens with zero attached hydrogens (tertiary/aromatic N) is 2. The summed E-state index contributed by atoms with van der Waals surface area (Å²) in [6.45, 7) is 13.1. The largest absolute Gasteiger partial charge is 2.00 e. The molecule has 0 unspecified atom stereocenters. The van der Waals surface area contributed by atoms with E-state index in [1.807, 2.05) is 42.5 Å². The van der Waals surface area contributed by atoms with Crippen molar-refractivity contribution in [2.75, 3.05) is 0 Å². The van der Waals surface area contributed by atoms with E-state index >= 15 is 0 Å². The molecule has 7 rings (SSSR count). The third-order valence-electron chi connectivity index (χ3n) is 7.47. The SMILES string of the molecule is CC(C)(C)c1cc(Oc2[c-]c(-c3[c-]cccc3)ccc2C(C)(C)C)nc(-c2cc3sc4cccc5oc(n2)c3c54)c1.[Pt+2]. The average molecular weight is 750 g/mol. The maximum Gasteiger partial charge on any atom is 2.00 e. The molecule has 4 heterocycles. The Morgan fingerprint density at radius 2 is 1.57 bits per heavy atom. The third-order valence-corrected chi connectivity index (χ3v) is 8.57. The van der Waals surface area contributed by atoms with Crippen LogP contribution in [-0.2, 0) is 31.9 Å². The molecule has 4 aromatic heterocycles. The number of furan rings is 1. The van der Waals surface area contributed by atoms with Crippen LogP contribution >= 0.6 is 11.3 Å². The number of benzene rings is 3. The molecule has 0 bridgehead atoms. The third kappa shape index (κ3) is 5.03. The van der Waals surface area contributed by atoms with Crippen LogP contribution in [0.5, 0.6) is 11.6 Å². The Hall–Kier alpha value is -3.53. The summed E-state index contributed by atoms with van der Waals surface area (Å²) in [5.41, 5.74) is 6.81. The van der Waals surface area contributed by atoms with E-state index in [4.69, 9.17) is 19.1 Å². The van der Waals surface area contributed by atoms with E-state index in [0.717, 1.165) is 54.7 Å². The molecule has 6 heteroatoms. The summed E-state index contributed by atoms with van der Waals surface area (Å²) in [7, 11) is 0. The van der Waals surface area contributed by atoms with Crippen LogP contribution in [0, 0.1) is 12.1 Å². The zero-order valence-electron chi connectivity index (χ0n) is 24.4. The van der Waals surface area contributed by atoms with Crippen molar-refractivity contribution in [3.63, 3.8) is 0 Å². The molecule has 42 heavy (non-hydrogen) atoms. The normalized spacial score (nSPS) is 12.3. The van der Waals surface area contributed by atoms with Crippen LogP contribution in [0.4, 0.5) is 0 Å². The van der Waals surface area contributed by atoms with Gasteiger partial charge in [-0.2, -0.15) is 30.3 Å². The van der Waals surface area contributed by atoms with E-state index < -0.39 is 0 Å². The molecule has 0 atom stereocenters. The van der Waals surface area contributed by atoms with Gasteiger partial charge in [-0.3, -0.25) is 0 Å². The number of ether oxygens (including phenoxy) is 1. The monoisotopic (exact) mass is 749 g/mol. The van der Waals surface area contributed by atoms with Crippen molar-refractivity contribution in [1.82, 2.24) is 9.97 Å². The Bertz CT molecular complexity index is 1990. The van der Waals surface area contributed by atoms with Gasteiger partial charge in [-0.1, -0.05) is 53.2 Å². The van der Waals surface area contributed by atoms with Gasteiger partial charge in [0, 0.05) is 26.6 Å². The van der Waals surface area contributed by atoms with Crippen molar-refractivity contribution in [3.8, 4) is 34.1 Å². The second kappa shape index (κ2) is 10.3. The summed E-state index contributed by atoms with van der Waals surface area (Å²) < 4.78 is 15.2. The molecule has 0 amide bonds. The minimum Gasteiger partial charge on any atom is -0.460 e. The fraction of sp³-hybridized carbons (Fsp3) is 0.222. The smallest absolute Gasteiger partial charge is 0.460 e. The second-order valence-corrected chi connectivity index (χ2v) is 13.7. The first-order valence-electron chi connectivity index (χ1n) is 13.8. The van der Waals surface area contributed by atoms with Gasteiger partial charge in [0.05, 0.1) is 16.8 Å². The van der Waals surface area contributed by atoms with Gasteiger partial charge in [0.1, 0.15) is 5.58 Å². The van der Waals surface area contributed by atoms with Crippen LogP contribution in [0.1, 0.15) is 52.7 Å². The number of hydrogen-bond acceptors (Lipinski definition) is 5. The molecule has 212 valence electrons. The van der Waals surface area contributed by atoms with Crippen molar-refractivity contribution in [2.45, 2.75) is 52.4 Å². The predicted molar refractivity (Wildman–Crippen MR) is 168 cm³/mol. The maximum absolute atomic E-state index is 6.64. The summed E-state index contributed by atoms with van der Waals surface area (Å²) in [4.78, 5) is 9.95. The van der Waals surface area contributed by atoms with Crippen LogP contribution in [-0.4, -0.2) is 9.97 Å². The number of pyridine rings is 2. The molecule has 7 aromatic rings. The average Bonchev–Trinajstić information content (AvgIpc) is 3.51. The molecule has 0 saturated heterocycles. The van der Waals surface area contributed by atoms with Crippen molar-refractivity contribution in [1.29, 1.82) is 0 Å². The van der Waals surface area contributed by atoms with E-state index in [0.29, 0.717) is 17.3 Å². The van der Waals surface area contributed by atoms with Gasteiger partial charge in [0.15, 0.2) is 0 Å². The molecular weight excluding hydrogens is 720 g/mol. The van der Waals surface area contributed by atoms with Crippen LogP contribution in [0.3, 0.4) is 0 Å². The zero-order chi connectivity index (χ0) is 28.5. The Morgan fingerprint density at radius 1 is 0.762 bits per heavy atom. The molecule has 3 aromatic carbocycles. The minimum absolute atomic E-state index is 0. The van der Waals surface area contributed by atoms with E-state index in [-0.39, 0.29) is 31.9 Å². The summed E-state index contributed by atoms with van der Waals surface area (Å²) in [5, 5.41) is 2.24. The van der Waals surface area contributed by atoms with Crippen molar-refractivity contribution < 1.29 is 30.2 Å². The molecule has 0 N–H and O–H groups in total. The minimum atomic E-state index is -0.150. The van der Waals surface area contributed by atoms with E-state index in [1.54, 1.807) is 11.3 Å². The molecule has 0 aliphatic rings. The van der Waals surface area contributed by atoms with Gasteiger partial charge in [-0.15, -0.1) is 29.5 Å². The number of thiophene rings is 1. The first-order chi connectivity index (χ1) is 19.5. The predicted octanol–water partition coefficient (Wildman–Crippen LogP) is 10.3. The van der Waals surface area contributed by atoms with Crippen LogP contribution < -0.4 is 4.74 Å². The molecule has 0 saturated carbocycles. The van der Waals surface area contributed by atoms with Gasteiger partial charge in [-0.25, -0.2) is 21.1 Å². The van der Waals surface area contributed by atoms with Crippen LogP contribution in [0.2, 0.25) is 0 Å². The topological polar surface area (TPSA) is 48.2 Å².